The van der Waals surface area contributed by atoms with Crippen molar-refractivity contribution in [3.05, 3.63) is 53.1 Å². The summed E-state index contributed by atoms with van der Waals surface area (Å²) in [4.78, 5) is 15.4. The lowest BCUT2D eigenvalue weighted by Gasteiger charge is -2.37. The van der Waals surface area contributed by atoms with Crippen molar-refractivity contribution in [2.24, 2.45) is 5.90 Å². The van der Waals surface area contributed by atoms with E-state index in [-0.39, 0.29) is 12.3 Å². The van der Waals surface area contributed by atoms with Crippen LogP contribution in [0.4, 0.5) is 8.78 Å². The number of rotatable bonds is 6. The SMILES string of the molecule is CS(=O)(=O)N1CCN(S(=O)(=O)c2cc(F)c(Oc3ccc(Cl)cc3)c(F)c2)[C@@H](C(=O)ON)C1. The third-order valence-corrected chi connectivity index (χ3v) is 8.17. The molecule has 0 radical (unpaired) electrons. The zero-order valence-corrected chi connectivity index (χ0v) is 19.3. The first-order valence-corrected chi connectivity index (χ1v) is 12.8. The number of ether oxygens (including phenoxy) is 1. The number of nitrogens with two attached hydrogens (primary N) is 1. The maximum absolute atomic E-state index is 14.6. The van der Waals surface area contributed by atoms with E-state index in [0.29, 0.717) is 21.5 Å². The molecule has 1 aliphatic heterocycles. The van der Waals surface area contributed by atoms with E-state index in [4.69, 9.17) is 22.2 Å². The molecular weight excluding hydrogens is 508 g/mol. The van der Waals surface area contributed by atoms with Crippen LogP contribution in [0, 0.1) is 11.6 Å². The Morgan fingerprint density at radius 1 is 1.09 bits per heavy atom. The smallest absolute Gasteiger partial charge is 0.344 e. The third kappa shape index (κ3) is 5.42. The Balaban J connectivity index is 1.95. The van der Waals surface area contributed by atoms with E-state index in [1.165, 1.54) is 24.3 Å². The highest BCUT2D eigenvalue weighted by atomic mass is 35.5. The average Bonchev–Trinajstić information content (AvgIpc) is 2.75. The summed E-state index contributed by atoms with van der Waals surface area (Å²) in [7, 11) is -8.44. The van der Waals surface area contributed by atoms with Crippen molar-refractivity contribution in [2.75, 3.05) is 25.9 Å². The molecule has 2 aromatic rings. The zero-order valence-electron chi connectivity index (χ0n) is 16.9. The van der Waals surface area contributed by atoms with Gasteiger partial charge in [-0.1, -0.05) is 11.6 Å². The Morgan fingerprint density at radius 3 is 2.18 bits per heavy atom. The fourth-order valence-electron chi connectivity index (χ4n) is 3.14. The summed E-state index contributed by atoms with van der Waals surface area (Å²) in [5.41, 5.74) is 0. The zero-order chi connectivity index (χ0) is 24.6. The van der Waals surface area contributed by atoms with E-state index < -0.39 is 67.4 Å². The fourth-order valence-corrected chi connectivity index (χ4v) is 5.68. The maximum atomic E-state index is 14.6. The van der Waals surface area contributed by atoms with Gasteiger partial charge in [-0.15, -0.1) is 0 Å². The molecule has 33 heavy (non-hydrogen) atoms. The third-order valence-electron chi connectivity index (χ3n) is 4.76. The Morgan fingerprint density at radius 2 is 1.67 bits per heavy atom. The van der Waals surface area contributed by atoms with Crippen molar-refractivity contribution >= 4 is 37.6 Å². The van der Waals surface area contributed by atoms with Gasteiger partial charge in [0.1, 0.15) is 11.8 Å². The molecule has 0 amide bonds. The first-order valence-electron chi connectivity index (χ1n) is 9.14. The van der Waals surface area contributed by atoms with E-state index in [2.05, 4.69) is 4.84 Å². The van der Waals surface area contributed by atoms with Gasteiger partial charge in [-0.3, -0.25) is 0 Å². The Labute approximate surface area is 193 Å². The van der Waals surface area contributed by atoms with Gasteiger partial charge < -0.3 is 9.57 Å². The largest absolute Gasteiger partial charge is 0.451 e. The van der Waals surface area contributed by atoms with Crippen molar-refractivity contribution in [3.8, 4) is 11.5 Å². The van der Waals surface area contributed by atoms with Crippen LogP contribution >= 0.6 is 11.6 Å². The molecule has 1 fully saturated rings. The average molecular weight is 526 g/mol. The predicted octanol–water partition coefficient (Wildman–Crippen LogP) is 1.46. The highest BCUT2D eigenvalue weighted by Gasteiger charge is 2.43. The topological polar surface area (TPSA) is 136 Å². The van der Waals surface area contributed by atoms with Crippen LogP contribution in [0.15, 0.2) is 41.3 Å². The van der Waals surface area contributed by atoms with Gasteiger partial charge in [-0.05, 0) is 36.4 Å². The number of piperazine rings is 1. The Bertz CT molecular complexity index is 1250. The molecule has 0 aliphatic carbocycles. The van der Waals surface area contributed by atoms with Crippen molar-refractivity contribution in [3.63, 3.8) is 0 Å². The molecule has 1 atom stereocenters. The maximum Gasteiger partial charge on any atom is 0.344 e. The molecule has 10 nitrogen and oxygen atoms in total. The molecule has 0 unspecified atom stereocenters. The predicted molar refractivity (Wildman–Crippen MR) is 112 cm³/mol. The van der Waals surface area contributed by atoms with Gasteiger partial charge >= 0.3 is 5.97 Å². The molecule has 1 heterocycles. The lowest BCUT2D eigenvalue weighted by molar-refractivity contribution is -0.149. The Kier molecular flexibility index (Phi) is 7.26. The van der Waals surface area contributed by atoms with Crippen LogP contribution in [0.3, 0.4) is 0 Å². The van der Waals surface area contributed by atoms with Crippen LogP contribution < -0.4 is 10.6 Å². The van der Waals surface area contributed by atoms with Crippen molar-refractivity contribution in [1.82, 2.24) is 8.61 Å². The molecule has 0 saturated carbocycles. The number of nitrogens with zero attached hydrogens (tertiary/aromatic N) is 2. The minimum Gasteiger partial charge on any atom is -0.451 e. The highest BCUT2D eigenvalue weighted by molar-refractivity contribution is 7.89. The fraction of sp³-hybridized carbons (Fsp3) is 0.278. The second-order valence-corrected chi connectivity index (χ2v) is 11.3. The van der Waals surface area contributed by atoms with Crippen molar-refractivity contribution in [2.45, 2.75) is 10.9 Å². The molecule has 2 N–H and O–H groups in total. The summed E-state index contributed by atoms with van der Waals surface area (Å²) >= 11 is 5.75. The van der Waals surface area contributed by atoms with Gasteiger partial charge in [0.15, 0.2) is 17.4 Å². The molecule has 0 bridgehead atoms. The molecule has 1 aliphatic rings. The van der Waals surface area contributed by atoms with E-state index in [9.17, 15) is 30.4 Å². The monoisotopic (exact) mass is 525 g/mol. The number of carbonyl (C=O) groups excluding carboxylic acids is 1. The second kappa shape index (κ2) is 9.48. The summed E-state index contributed by atoms with van der Waals surface area (Å²) in [6, 6.07) is 4.96. The van der Waals surface area contributed by atoms with Crippen LogP contribution in [-0.4, -0.2) is 63.3 Å². The molecule has 0 aromatic heterocycles. The summed E-state index contributed by atoms with van der Waals surface area (Å²) in [6.45, 7) is -1.37. The van der Waals surface area contributed by atoms with Gasteiger partial charge in [0.2, 0.25) is 20.0 Å². The van der Waals surface area contributed by atoms with Crippen LogP contribution in [0.2, 0.25) is 5.02 Å². The summed E-state index contributed by atoms with van der Waals surface area (Å²) in [6.07, 6.45) is 0.881. The van der Waals surface area contributed by atoms with Crippen LogP contribution in [0.5, 0.6) is 11.5 Å². The van der Waals surface area contributed by atoms with E-state index in [0.717, 1.165) is 10.6 Å². The van der Waals surface area contributed by atoms with E-state index in [1.54, 1.807) is 0 Å². The second-order valence-electron chi connectivity index (χ2n) is 6.96. The summed E-state index contributed by atoms with van der Waals surface area (Å²) in [5.74, 6) is 0.183. The molecule has 1 saturated heterocycles. The molecule has 3 rings (SSSR count). The van der Waals surface area contributed by atoms with Crippen LogP contribution in [0.1, 0.15) is 0 Å². The molecule has 15 heteroatoms. The lowest BCUT2D eigenvalue weighted by atomic mass is 10.2. The number of benzene rings is 2. The number of halogens is 3. The van der Waals surface area contributed by atoms with Crippen molar-refractivity contribution < 1.29 is 40.0 Å². The normalized spacial score (nSPS) is 18.2. The Hall–Kier alpha value is -2.36. The summed E-state index contributed by atoms with van der Waals surface area (Å²) < 4.78 is 85.7. The minimum atomic E-state index is -4.67. The van der Waals surface area contributed by atoms with Crippen LogP contribution in [0.25, 0.3) is 0 Å². The quantitative estimate of drug-likeness (QED) is 0.560. The number of hydrogen-bond acceptors (Lipinski definition) is 8. The highest BCUT2D eigenvalue weighted by Crippen LogP contribution is 2.32. The van der Waals surface area contributed by atoms with Gasteiger partial charge in [0.05, 0.1) is 11.2 Å². The lowest BCUT2D eigenvalue weighted by Crippen LogP contribution is -2.59. The molecule has 0 spiro atoms. The van der Waals surface area contributed by atoms with Gasteiger partial charge in [0, 0.05) is 24.7 Å². The molecule has 2 aromatic carbocycles. The number of sulfonamides is 2. The van der Waals surface area contributed by atoms with Gasteiger partial charge in [0.25, 0.3) is 0 Å². The van der Waals surface area contributed by atoms with Gasteiger partial charge in [-0.25, -0.2) is 30.4 Å². The standard InChI is InChI=1S/C18H18ClF2N3O7S2/c1-32(26,27)23-6-7-24(16(10-23)18(25)31-22)33(28,29)13-8-14(20)17(15(21)9-13)30-12-4-2-11(19)3-5-12/h2-5,8-9,16H,6-7,10,22H2,1H3/t16-/m1/s1. The van der Waals surface area contributed by atoms with E-state index >= 15 is 0 Å². The summed E-state index contributed by atoms with van der Waals surface area (Å²) in [5, 5.41) is 0.367. The molecular formula is C18H18ClF2N3O7S2. The molecule has 180 valence electrons. The van der Waals surface area contributed by atoms with Gasteiger partial charge in [-0.2, -0.15) is 14.5 Å². The first kappa shape index (κ1) is 25.3. The first-order chi connectivity index (χ1) is 15.3. The van der Waals surface area contributed by atoms with E-state index in [1.807, 2.05) is 0 Å². The minimum absolute atomic E-state index is 0.0514. The number of hydrogen-bond donors (Lipinski definition) is 1. The van der Waals surface area contributed by atoms with Crippen molar-refractivity contribution in [1.29, 1.82) is 0 Å². The van der Waals surface area contributed by atoms with Crippen LogP contribution in [-0.2, 0) is 29.7 Å². The number of carbonyl (C=O) groups is 1.